The third-order valence-corrected chi connectivity index (χ3v) is 5.04. The Hall–Kier alpha value is -2.41. The second-order valence-corrected chi connectivity index (χ2v) is 7.33. The molecule has 2 aromatic rings. The molecule has 2 heterocycles. The number of anilines is 2. The summed E-state index contributed by atoms with van der Waals surface area (Å²) in [6, 6.07) is 10.7. The van der Waals surface area contributed by atoms with Crippen molar-refractivity contribution in [2.45, 2.75) is 45.7 Å². The van der Waals surface area contributed by atoms with E-state index in [0.29, 0.717) is 29.5 Å². The van der Waals surface area contributed by atoms with Gasteiger partial charge in [-0.3, -0.25) is 0 Å². The van der Waals surface area contributed by atoms with Crippen LogP contribution in [0.15, 0.2) is 30.3 Å². The van der Waals surface area contributed by atoms with E-state index in [-0.39, 0.29) is 0 Å². The van der Waals surface area contributed by atoms with Crippen molar-refractivity contribution in [3.05, 3.63) is 41.5 Å². The van der Waals surface area contributed by atoms with Crippen LogP contribution in [0.25, 0.3) is 0 Å². The van der Waals surface area contributed by atoms with Gasteiger partial charge in [0, 0.05) is 25.2 Å². The minimum Gasteiger partial charge on any atom is -0.481 e. The van der Waals surface area contributed by atoms with E-state index in [2.05, 4.69) is 63.6 Å². The molecule has 1 aromatic carbocycles. The zero-order valence-electron chi connectivity index (χ0n) is 16.2. The van der Waals surface area contributed by atoms with E-state index in [1.165, 1.54) is 30.4 Å². The zero-order chi connectivity index (χ0) is 19.2. The molecule has 0 amide bonds. The van der Waals surface area contributed by atoms with Gasteiger partial charge in [0.1, 0.15) is 5.82 Å². The van der Waals surface area contributed by atoms with Gasteiger partial charge in [0.2, 0.25) is 11.8 Å². The number of aryl methyl sites for hydroxylation is 1. The van der Waals surface area contributed by atoms with Gasteiger partial charge < -0.3 is 20.3 Å². The Balaban J connectivity index is 1.67. The number of hydrogen-bond donors (Lipinski definition) is 2. The third kappa shape index (κ3) is 5.29. The molecule has 2 N–H and O–H groups in total. The van der Waals surface area contributed by atoms with Crippen LogP contribution in [0, 0.1) is 6.92 Å². The molecule has 1 aliphatic rings. The average Bonchev–Trinajstić information content (AvgIpc) is 2.67. The highest BCUT2D eigenvalue weighted by Crippen LogP contribution is 2.26. The van der Waals surface area contributed by atoms with E-state index in [9.17, 15) is 0 Å². The zero-order valence-corrected chi connectivity index (χ0v) is 17.0. The van der Waals surface area contributed by atoms with Crippen LogP contribution in [0.2, 0.25) is 0 Å². The average molecular weight is 386 g/mol. The summed E-state index contributed by atoms with van der Waals surface area (Å²) in [5, 5.41) is 6.77. The lowest BCUT2D eigenvalue weighted by molar-refractivity contribution is 0.396. The number of rotatable bonds is 5. The van der Waals surface area contributed by atoms with Crippen LogP contribution in [-0.4, -0.2) is 34.8 Å². The number of thiocarbonyl (C=S) groups is 1. The van der Waals surface area contributed by atoms with Crippen molar-refractivity contribution >= 4 is 29.1 Å². The summed E-state index contributed by atoms with van der Waals surface area (Å²) in [5.74, 6) is 1.85. The third-order valence-electron chi connectivity index (χ3n) is 4.79. The molecule has 1 fully saturated rings. The minimum atomic E-state index is 0.448. The number of benzene rings is 1. The number of aromatic nitrogens is 2. The molecule has 1 atom stereocenters. The molecule has 1 saturated heterocycles. The Morgan fingerprint density at radius 3 is 2.74 bits per heavy atom. The van der Waals surface area contributed by atoms with Gasteiger partial charge >= 0.3 is 0 Å². The molecule has 144 valence electrons. The fourth-order valence-electron chi connectivity index (χ4n) is 3.19. The van der Waals surface area contributed by atoms with Crippen molar-refractivity contribution in [2.24, 2.45) is 0 Å². The Morgan fingerprint density at radius 1 is 1.26 bits per heavy atom. The van der Waals surface area contributed by atoms with Crippen LogP contribution in [0.4, 0.5) is 11.8 Å². The normalized spacial score (nSPS) is 16.7. The number of nitrogens with one attached hydrogen (secondary N) is 2. The first kappa shape index (κ1) is 19.4. The second-order valence-electron chi connectivity index (χ2n) is 6.92. The van der Waals surface area contributed by atoms with E-state index in [1.54, 1.807) is 7.11 Å². The van der Waals surface area contributed by atoms with Crippen molar-refractivity contribution in [3.63, 3.8) is 0 Å². The summed E-state index contributed by atoms with van der Waals surface area (Å²) in [7, 11) is 1.61. The van der Waals surface area contributed by atoms with Crippen molar-refractivity contribution in [1.82, 2.24) is 15.3 Å². The molecule has 0 saturated carbocycles. The van der Waals surface area contributed by atoms with Crippen LogP contribution in [-0.2, 0) is 6.54 Å². The van der Waals surface area contributed by atoms with Crippen LogP contribution in [0.1, 0.15) is 37.3 Å². The van der Waals surface area contributed by atoms with Crippen LogP contribution in [0.5, 0.6) is 5.88 Å². The topological polar surface area (TPSA) is 62.3 Å². The van der Waals surface area contributed by atoms with Gasteiger partial charge in [0.15, 0.2) is 5.11 Å². The van der Waals surface area contributed by atoms with Crippen molar-refractivity contribution in [1.29, 1.82) is 0 Å². The van der Waals surface area contributed by atoms with Gasteiger partial charge in [0.05, 0.1) is 7.11 Å². The molecule has 0 bridgehead atoms. The Bertz CT molecular complexity index is 780. The number of piperidine rings is 1. The molecule has 7 heteroatoms. The standard InChI is InChI=1S/C20H27N5OS/c1-14-7-9-16(10-8-14)13-21-20(27)24-19-22-17(12-18(23-19)26-3)25-11-5-4-6-15(25)2/h7-10,12,15H,4-6,11,13H2,1-3H3,(H2,21,22,23,24,27). The number of nitrogens with zero attached hydrogens (tertiary/aromatic N) is 3. The summed E-state index contributed by atoms with van der Waals surface area (Å²) in [6.07, 6.45) is 3.61. The Labute approximate surface area is 166 Å². The quantitative estimate of drug-likeness (QED) is 0.762. The molecule has 0 radical (unpaired) electrons. The predicted molar refractivity (Wildman–Crippen MR) is 113 cm³/mol. The maximum Gasteiger partial charge on any atom is 0.234 e. The lowest BCUT2D eigenvalue weighted by Crippen LogP contribution is -2.38. The molecule has 6 nitrogen and oxygen atoms in total. The first-order valence-corrected chi connectivity index (χ1v) is 9.76. The predicted octanol–water partition coefficient (Wildman–Crippen LogP) is 3.66. The first-order chi connectivity index (χ1) is 13.0. The first-order valence-electron chi connectivity index (χ1n) is 9.35. The van der Waals surface area contributed by atoms with Crippen molar-refractivity contribution in [3.8, 4) is 5.88 Å². The Kier molecular flexibility index (Phi) is 6.45. The highest BCUT2D eigenvalue weighted by molar-refractivity contribution is 7.80. The van der Waals surface area contributed by atoms with Crippen molar-refractivity contribution in [2.75, 3.05) is 23.9 Å². The molecular formula is C20H27N5OS. The fourth-order valence-corrected chi connectivity index (χ4v) is 3.36. The van der Waals surface area contributed by atoms with Gasteiger partial charge in [-0.05, 0) is 50.9 Å². The molecule has 1 aromatic heterocycles. The van der Waals surface area contributed by atoms with Crippen LogP contribution in [0.3, 0.4) is 0 Å². The van der Waals surface area contributed by atoms with Crippen LogP contribution < -0.4 is 20.3 Å². The van der Waals surface area contributed by atoms with E-state index in [0.717, 1.165) is 12.4 Å². The van der Waals surface area contributed by atoms with Gasteiger partial charge in [-0.25, -0.2) is 0 Å². The highest BCUT2D eigenvalue weighted by Gasteiger charge is 2.21. The van der Waals surface area contributed by atoms with Gasteiger partial charge in [-0.15, -0.1) is 0 Å². The molecule has 3 rings (SSSR count). The lowest BCUT2D eigenvalue weighted by Gasteiger charge is -2.34. The number of hydrogen-bond acceptors (Lipinski definition) is 5. The summed E-state index contributed by atoms with van der Waals surface area (Å²) in [6.45, 7) is 5.95. The summed E-state index contributed by atoms with van der Waals surface area (Å²) < 4.78 is 5.36. The second kappa shape index (κ2) is 8.99. The molecule has 27 heavy (non-hydrogen) atoms. The molecule has 1 unspecified atom stereocenters. The van der Waals surface area contributed by atoms with Gasteiger partial charge in [-0.1, -0.05) is 29.8 Å². The SMILES string of the molecule is COc1cc(N2CCCCC2C)nc(NC(=S)NCc2ccc(C)cc2)n1. The Morgan fingerprint density at radius 2 is 2.04 bits per heavy atom. The van der Waals surface area contributed by atoms with Gasteiger partial charge in [0.25, 0.3) is 0 Å². The smallest absolute Gasteiger partial charge is 0.234 e. The summed E-state index contributed by atoms with van der Waals surface area (Å²) >= 11 is 5.41. The highest BCUT2D eigenvalue weighted by atomic mass is 32.1. The van der Waals surface area contributed by atoms with Crippen LogP contribution >= 0.6 is 12.2 Å². The molecule has 0 aliphatic carbocycles. The summed E-state index contributed by atoms with van der Waals surface area (Å²) in [4.78, 5) is 11.3. The maximum atomic E-state index is 5.41. The summed E-state index contributed by atoms with van der Waals surface area (Å²) in [5.41, 5.74) is 2.41. The monoisotopic (exact) mass is 385 g/mol. The number of methoxy groups -OCH3 is 1. The van der Waals surface area contributed by atoms with E-state index >= 15 is 0 Å². The molecular weight excluding hydrogens is 358 g/mol. The maximum absolute atomic E-state index is 5.41. The fraction of sp³-hybridized carbons (Fsp3) is 0.450. The van der Waals surface area contributed by atoms with E-state index < -0.39 is 0 Å². The van der Waals surface area contributed by atoms with Crippen molar-refractivity contribution < 1.29 is 4.74 Å². The van der Waals surface area contributed by atoms with E-state index in [1.807, 2.05) is 6.07 Å². The largest absolute Gasteiger partial charge is 0.481 e. The molecule has 0 spiro atoms. The lowest BCUT2D eigenvalue weighted by atomic mass is 10.0. The van der Waals surface area contributed by atoms with Gasteiger partial charge in [-0.2, -0.15) is 9.97 Å². The minimum absolute atomic E-state index is 0.448. The van der Waals surface area contributed by atoms with E-state index in [4.69, 9.17) is 17.0 Å². The molecule has 1 aliphatic heterocycles. The number of ether oxygens (including phenoxy) is 1.